The zero-order valence-corrected chi connectivity index (χ0v) is 13.5. The molecule has 2 aliphatic rings. The van der Waals surface area contributed by atoms with Gasteiger partial charge < -0.3 is 5.32 Å². The second-order valence-electron chi connectivity index (χ2n) is 6.37. The van der Waals surface area contributed by atoms with Crippen molar-refractivity contribution >= 4 is 16.9 Å². The molecule has 2 fully saturated rings. The van der Waals surface area contributed by atoms with Gasteiger partial charge in [-0.1, -0.05) is 32.0 Å². The number of nitrogens with zero attached hydrogens (tertiary/aromatic N) is 2. The summed E-state index contributed by atoms with van der Waals surface area (Å²) < 4.78 is 0. The van der Waals surface area contributed by atoms with E-state index in [2.05, 4.69) is 31.0 Å². The summed E-state index contributed by atoms with van der Waals surface area (Å²) in [6.45, 7) is 10.4. The van der Waals surface area contributed by atoms with Crippen molar-refractivity contribution in [2.24, 2.45) is 10.9 Å². The fourth-order valence-electron chi connectivity index (χ4n) is 2.91. The second kappa shape index (κ2) is 7.53. The quantitative estimate of drug-likeness (QED) is 0.840. The van der Waals surface area contributed by atoms with Crippen LogP contribution in [0.4, 0.5) is 0 Å². The van der Waals surface area contributed by atoms with Crippen molar-refractivity contribution in [2.45, 2.75) is 58.5 Å². The molecule has 3 nitrogen and oxygen atoms in total. The molecule has 0 saturated carbocycles. The number of hydrogen-bond acceptors (Lipinski definition) is 3. The molecular weight excluding hydrogens is 254 g/mol. The van der Waals surface area contributed by atoms with Crippen molar-refractivity contribution in [3.05, 3.63) is 0 Å². The SMILES string of the molecule is CC(C)CC1CSC(=NCC(C)N2CCCCC2)N1. The highest BCUT2D eigenvalue weighted by Gasteiger charge is 2.22. The lowest BCUT2D eigenvalue weighted by Crippen LogP contribution is -2.39. The highest BCUT2D eigenvalue weighted by Crippen LogP contribution is 2.19. The molecule has 0 amide bonds. The molecule has 2 unspecified atom stereocenters. The van der Waals surface area contributed by atoms with Crippen molar-refractivity contribution in [1.82, 2.24) is 10.2 Å². The first-order valence-corrected chi connectivity index (χ1v) is 8.81. The Morgan fingerprint density at radius 3 is 2.68 bits per heavy atom. The van der Waals surface area contributed by atoms with Crippen molar-refractivity contribution in [2.75, 3.05) is 25.4 Å². The van der Waals surface area contributed by atoms with Crippen LogP contribution in [0.25, 0.3) is 0 Å². The van der Waals surface area contributed by atoms with Crippen LogP contribution < -0.4 is 5.32 Å². The number of hydrogen-bond donors (Lipinski definition) is 1. The minimum atomic E-state index is 0.597. The number of thioether (sulfide) groups is 1. The number of likely N-dealkylation sites (tertiary alicyclic amines) is 1. The van der Waals surface area contributed by atoms with E-state index in [9.17, 15) is 0 Å². The summed E-state index contributed by atoms with van der Waals surface area (Å²) in [5.41, 5.74) is 0. The molecule has 2 saturated heterocycles. The lowest BCUT2D eigenvalue weighted by molar-refractivity contribution is 0.178. The van der Waals surface area contributed by atoms with Gasteiger partial charge in [0.15, 0.2) is 5.17 Å². The predicted octanol–water partition coefficient (Wildman–Crippen LogP) is 2.97. The third kappa shape index (κ3) is 4.99. The van der Waals surface area contributed by atoms with E-state index >= 15 is 0 Å². The van der Waals surface area contributed by atoms with Gasteiger partial charge in [0.05, 0.1) is 6.54 Å². The van der Waals surface area contributed by atoms with E-state index in [0.29, 0.717) is 12.1 Å². The van der Waals surface area contributed by atoms with Gasteiger partial charge in [-0.3, -0.25) is 9.89 Å². The summed E-state index contributed by atoms with van der Waals surface area (Å²) in [6.07, 6.45) is 5.40. The average Bonchev–Trinajstić information content (AvgIpc) is 2.84. The first-order chi connectivity index (χ1) is 9.15. The summed E-state index contributed by atoms with van der Waals surface area (Å²) in [5, 5.41) is 4.75. The molecular formula is C15H29N3S. The van der Waals surface area contributed by atoms with E-state index in [1.54, 1.807) is 0 Å². The highest BCUT2D eigenvalue weighted by molar-refractivity contribution is 8.14. The van der Waals surface area contributed by atoms with Gasteiger partial charge in [0.1, 0.15) is 0 Å². The third-order valence-electron chi connectivity index (χ3n) is 4.02. The smallest absolute Gasteiger partial charge is 0.156 e. The van der Waals surface area contributed by atoms with Crippen LogP contribution in [0, 0.1) is 5.92 Å². The van der Waals surface area contributed by atoms with Gasteiger partial charge in [0.2, 0.25) is 0 Å². The minimum Gasteiger partial charge on any atom is -0.361 e. The molecule has 19 heavy (non-hydrogen) atoms. The summed E-state index contributed by atoms with van der Waals surface area (Å²) in [5.74, 6) is 1.96. The first-order valence-electron chi connectivity index (χ1n) is 7.83. The maximum atomic E-state index is 4.78. The Hall–Kier alpha value is -0.220. The minimum absolute atomic E-state index is 0.597. The molecule has 0 bridgehead atoms. The third-order valence-corrected chi connectivity index (χ3v) is 5.11. The zero-order valence-electron chi connectivity index (χ0n) is 12.7. The molecule has 0 aromatic rings. The lowest BCUT2D eigenvalue weighted by Gasteiger charge is -2.31. The Labute approximate surface area is 122 Å². The second-order valence-corrected chi connectivity index (χ2v) is 7.38. The number of amidine groups is 1. The molecule has 1 N–H and O–H groups in total. The van der Waals surface area contributed by atoms with Crippen LogP contribution in [0.1, 0.15) is 46.5 Å². The number of nitrogens with one attached hydrogen (secondary N) is 1. The molecule has 4 heteroatoms. The molecule has 2 rings (SSSR count). The Bertz CT molecular complexity index is 298. The van der Waals surface area contributed by atoms with Crippen LogP contribution in [0.2, 0.25) is 0 Å². The fourth-order valence-corrected chi connectivity index (χ4v) is 3.91. The van der Waals surface area contributed by atoms with Crippen molar-refractivity contribution in [3.63, 3.8) is 0 Å². The highest BCUT2D eigenvalue weighted by atomic mass is 32.2. The molecule has 0 radical (unpaired) electrons. The van der Waals surface area contributed by atoms with E-state index in [0.717, 1.165) is 12.5 Å². The lowest BCUT2D eigenvalue weighted by atomic mass is 10.1. The number of rotatable bonds is 5. The van der Waals surface area contributed by atoms with E-state index in [4.69, 9.17) is 4.99 Å². The van der Waals surface area contributed by atoms with Crippen LogP contribution in [-0.4, -0.2) is 47.5 Å². The molecule has 0 aromatic carbocycles. The number of piperidine rings is 1. The summed E-state index contributed by atoms with van der Waals surface area (Å²) in [4.78, 5) is 7.38. The van der Waals surface area contributed by atoms with Gasteiger partial charge in [0.25, 0.3) is 0 Å². The maximum Gasteiger partial charge on any atom is 0.156 e. The van der Waals surface area contributed by atoms with Crippen LogP contribution in [0.3, 0.4) is 0 Å². The van der Waals surface area contributed by atoms with Crippen LogP contribution in [0.15, 0.2) is 4.99 Å². The van der Waals surface area contributed by atoms with Gasteiger partial charge in [-0.15, -0.1) is 0 Å². The first kappa shape index (κ1) is 15.2. The van der Waals surface area contributed by atoms with E-state index in [1.165, 1.54) is 49.7 Å². The van der Waals surface area contributed by atoms with Gasteiger partial charge in [-0.05, 0) is 45.2 Å². The molecule has 0 aliphatic carbocycles. The molecule has 0 aromatic heterocycles. The molecule has 110 valence electrons. The van der Waals surface area contributed by atoms with Crippen molar-refractivity contribution in [1.29, 1.82) is 0 Å². The van der Waals surface area contributed by atoms with E-state index < -0.39 is 0 Å². The molecule has 2 heterocycles. The van der Waals surface area contributed by atoms with Crippen molar-refractivity contribution < 1.29 is 0 Å². The molecule has 0 spiro atoms. The maximum absolute atomic E-state index is 4.78. The van der Waals surface area contributed by atoms with Crippen LogP contribution >= 0.6 is 11.8 Å². The van der Waals surface area contributed by atoms with Crippen LogP contribution in [-0.2, 0) is 0 Å². The van der Waals surface area contributed by atoms with E-state index in [1.807, 2.05) is 11.8 Å². The predicted molar refractivity (Wildman–Crippen MR) is 86.0 cm³/mol. The van der Waals surface area contributed by atoms with Gasteiger partial charge in [-0.2, -0.15) is 0 Å². The topological polar surface area (TPSA) is 27.6 Å². The Kier molecular flexibility index (Phi) is 6.02. The Morgan fingerprint density at radius 1 is 1.26 bits per heavy atom. The Morgan fingerprint density at radius 2 is 2.00 bits per heavy atom. The van der Waals surface area contributed by atoms with E-state index in [-0.39, 0.29) is 0 Å². The number of aliphatic imine (C=N–C) groups is 1. The molecule has 2 atom stereocenters. The normalized spacial score (nSPS) is 28.8. The molecule has 2 aliphatic heterocycles. The average molecular weight is 283 g/mol. The fraction of sp³-hybridized carbons (Fsp3) is 0.933. The summed E-state index contributed by atoms with van der Waals surface area (Å²) in [7, 11) is 0. The summed E-state index contributed by atoms with van der Waals surface area (Å²) >= 11 is 1.90. The summed E-state index contributed by atoms with van der Waals surface area (Å²) in [6, 6.07) is 1.23. The van der Waals surface area contributed by atoms with Gasteiger partial charge in [-0.25, -0.2) is 0 Å². The standard InChI is InChI=1S/C15H29N3S/c1-12(2)9-14-11-19-15(17-14)16-10-13(3)18-7-5-4-6-8-18/h12-14H,4-11H2,1-3H3,(H,16,17). The zero-order chi connectivity index (χ0) is 13.7. The largest absolute Gasteiger partial charge is 0.361 e. The van der Waals surface area contributed by atoms with Crippen LogP contribution in [0.5, 0.6) is 0 Å². The Balaban J connectivity index is 1.73. The van der Waals surface area contributed by atoms with Crippen molar-refractivity contribution in [3.8, 4) is 0 Å². The van der Waals surface area contributed by atoms with Gasteiger partial charge >= 0.3 is 0 Å². The monoisotopic (exact) mass is 283 g/mol. The van der Waals surface area contributed by atoms with Gasteiger partial charge in [0, 0.05) is 17.8 Å².